The van der Waals surface area contributed by atoms with Crippen LogP contribution in [0.4, 0.5) is 0 Å². The Morgan fingerprint density at radius 3 is 2.65 bits per heavy atom. The molecule has 0 fully saturated rings. The Balaban J connectivity index is 1.61. The first-order valence-corrected chi connectivity index (χ1v) is 8.06. The molecule has 0 bridgehead atoms. The molecule has 128 valence electrons. The van der Waals surface area contributed by atoms with Crippen LogP contribution in [0.5, 0.6) is 0 Å². The fourth-order valence-electron chi connectivity index (χ4n) is 2.82. The van der Waals surface area contributed by atoms with Crippen molar-refractivity contribution in [2.24, 2.45) is 0 Å². The molecule has 0 unspecified atom stereocenters. The van der Waals surface area contributed by atoms with E-state index >= 15 is 0 Å². The van der Waals surface area contributed by atoms with Crippen LogP contribution < -0.4 is 5.56 Å². The average Bonchev–Trinajstić information content (AvgIpc) is 2.67. The molecule has 26 heavy (non-hydrogen) atoms. The van der Waals surface area contributed by atoms with Crippen LogP contribution in [0.25, 0.3) is 21.9 Å². The topological polar surface area (TPSA) is 91.8 Å². The third kappa shape index (κ3) is 2.90. The summed E-state index contributed by atoms with van der Waals surface area (Å²) >= 11 is 0. The van der Waals surface area contributed by atoms with Crippen molar-refractivity contribution in [3.05, 3.63) is 76.6 Å². The monoisotopic (exact) mass is 345 g/mol. The van der Waals surface area contributed by atoms with Crippen LogP contribution >= 0.6 is 0 Å². The van der Waals surface area contributed by atoms with Crippen molar-refractivity contribution < 1.29 is 4.79 Å². The summed E-state index contributed by atoms with van der Waals surface area (Å²) in [5.41, 5.74) is 2.28. The summed E-state index contributed by atoms with van der Waals surface area (Å²) in [4.78, 5) is 41.9. The molecule has 0 saturated heterocycles. The van der Waals surface area contributed by atoms with Crippen molar-refractivity contribution >= 4 is 27.8 Å². The number of aromatic amines is 1. The zero-order valence-corrected chi connectivity index (χ0v) is 14.0. The maximum atomic E-state index is 12.7. The van der Waals surface area contributed by atoms with E-state index in [1.54, 1.807) is 55.8 Å². The number of nitrogens with zero attached hydrogens (tertiary/aromatic N) is 4. The first-order valence-electron chi connectivity index (χ1n) is 8.06. The highest BCUT2D eigenvalue weighted by molar-refractivity contribution is 5.97. The van der Waals surface area contributed by atoms with Crippen molar-refractivity contribution in [1.82, 2.24) is 24.8 Å². The standard InChI is InChI=1S/C19H15N5O2/c1-24(11-17-22-14-5-3-2-4-13(14)18(25)23-17)19(26)12-6-7-15-16(10-12)21-9-8-20-15/h2-10H,11H2,1H3,(H,22,23,25). The van der Waals surface area contributed by atoms with Gasteiger partial charge in [-0.3, -0.25) is 19.6 Å². The number of nitrogens with one attached hydrogen (secondary N) is 1. The fourth-order valence-corrected chi connectivity index (χ4v) is 2.82. The number of aromatic nitrogens is 4. The Bertz CT molecular complexity index is 1190. The summed E-state index contributed by atoms with van der Waals surface area (Å²) in [5, 5.41) is 0.526. The van der Waals surface area contributed by atoms with Gasteiger partial charge in [-0.15, -0.1) is 0 Å². The zero-order valence-electron chi connectivity index (χ0n) is 14.0. The van der Waals surface area contributed by atoms with Gasteiger partial charge in [-0.25, -0.2) is 4.98 Å². The smallest absolute Gasteiger partial charge is 0.258 e. The zero-order chi connectivity index (χ0) is 18.1. The predicted molar refractivity (Wildman–Crippen MR) is 97.7 cm³/mol. The molecule has 7 heteroatoms. The van der Waals surface area contributed by atoms with Crippen molar-refractivity contribution in [2.75, 3.05) is 7.05 Å². The van der Waals surface area contributed by atoms with Gasteiger partial charge >= 0.3 is 0 Å². The van der Waals surface area contributed by atoms with Crippen LogP contribution in [0.1, 0.15) is 16.2 Å². The van der Waals surface area contributed by atoms with E-state index in [4.69, 9.17) is 0 Å². The number of rotatable bonds is 3. The molecule has 0 spiro atoms. The molecule has 4 aromatic rings. The Labute approximate surface area is 148 Å². The van der Waals surface area contributed by atoms with E-state index in [2.05, 4.69) is 19.9 Å². The van der Waals surface area contributed by atoms with Crippen LogP contribution in [0, 0.1) is 0 Å². The lowest BCUT2D eigenvalue weighted by Crippen LogP contribution is -2.28. The normalized spacial score (nSPS) is 11.0. The minimum atomic E-state index is -0.215. The largest absolute Gasteiger partial charge is 0.334 e. The lowest BCUT2D eigenvalue weighted by atomic mass is 10.1. The highest BCUT2D eigenvalue weighted by Gasteiger charge is 2.15. The van der Waals surface area contributed by atoms with Crippen LogP contribution in [0.15, 0.2) is 59.7 Å². The molecule has 0 saturated carbocycles. The second-order valence-corrected chi connectivity index (χ2v) is 5.95. The summed E-state index contributed by atoms with van der Waals surface area (Å²) in [6.07, 6.45) is 3.20. The third-order valence-corrected chi connectivity index (χ3v) is 4.11. The number of para-hydroxylation sites is 1. The molecule has 7 nitrogen and oxygen atoms in total. The number of carbonyl (C=O) groups is 1. The molecule has 2 heterocycles. The highest BCUT2D eigenvalue weighted by atomic mass is 16.2. The SMILES string of the molecule is CN(Cc1nc2ccccc2c(=O)[nH]1)C(=O)c1ccc2nccnc2c1. The molecule has 1 N–H and O–H groups in total. The first kappa shape index (κ1) is 15.9. The van der Waals surface area contributed by atoms with Gasteiger partial charge in [-0.1, -0.05) is 12.1 Å². The molecule has 4 rings (SSSR count). The van der Waals surface area contributed by atoms with Crippen LogP contribution in [0.2, 0.25) is 0 Å². The van der Waals surface area contributed by atoms with E-state index < -0.39 is 0 Å². The van der Waals surface area contributed by atoms with Gasteiger partial charge in [0.05, 0.1) is 28.5 Å². The van der Waals surface area contributed by atoms with Crippen molar-refractivity contribution in [3.8, 4) is 0 Å². The maximum absolute atomic E-state index is 12.7. The third-order valence-electron chi connectivity index (χ3n) is 4.11. The molecule has 2 aromatic heterocycles. The molecule has 0 aliphatic carbocycles. The van der Waals surface area contributed by atoms with Gasteiger partial charge in [0.1, 0.15) is 5.82 Å². The second-order valence-electron chi connectivity index (χ2n) is 5.95. The molecule has 2 aromatic carbocycles. The number of hydrogen-bond donors (Lipinski definition) is 1. The number of hydrogen-bond acceptors (Lipinski definition) is 5. The van der Waals surface area contributed by atoms with Gasteiger partial charge in [0.15, 0.2) is 0 Å². The number of H-pyrrole nitrogens is 1. The summed E-state index contributed by atoms with van der Waals surface area (Å²) in [6.45, 7) is 0.192. The fraction of sp³-hybridized carbons (Fsp3) is 0.105. The minimum Gasteiger partial charge on any atom is -0.334 e. The lowest BCUT2D eigenvalue weighted by molar-refractivity contribution is 0.0781. The van der Waals surface area contributed by atoms with Crippen molar-refractivity contribution in [1.29, 1.82) is 0 Å². The summed E-state index contributed by atoms with van der Waals surface area (Å²) in [7, 11) is 1.67. The first-order chi connectivity index (χ1) is 12.6. The average molecular weight is 345 g/mol. The molecule has 0 aliphatic heterocycles. The van der Waals surface area contributed by atoms with Crippen molar-refractivity contribution in [3.63, 3.8) is 0 Å². The Kier molecular flexibility index (Phi) is 3.89. The summed E-state index contributed by atoms with van der Waals surface area (Å²) in [6, 6.07) is 12.3. The predicted octanol–water partition coefficient (Wildman–Crippen LogP) is 2.14. The van der Waals surface area contributed by atoms with Gasteiger partial charge in [-0.05, 0) is 30.3 Å². The molecular weight excluding hydrogens is 330 g/mol. The minimum absolute atomic E-state index is 0.187. The summed E-state index contributed by atoms with van der Waals surface area (Å²) in [5.74, 6) is 0.249. The van der Waals surface area contributed by atoms with Crippen LogP contribution in [0.3, 0.4) is 0 Å². The Morgan fingerprint density at radius 1 is 1.04 bits per heavy atom. The Hall–Kier alpha value is -3.61. The molecule has 1 amide bonds. The molecule has 0 radical (unpaired) electrons. The van der Waals surface area contributed by atoms with Gasteiger partial charge in [-0.2, -0.15) is 0 Å². The van der Waals surface area contributed by atoms with Gasteiger partial charge in [0.25, 0.3) is 11.5 Å². The molecule has 0 atom stereocenters. The van der Waals surface area contributed by atoms with E-state index in [0.717, 1.165) is 5.52 Å². The van der Waals surface area contributed by atoms with E-state index in [1.165, 1.54) is 4.90 Å². The van der Waals surface area contributed by atoms with Gasteiger partial charge in [0, 0.05) is 25.0 Å². The van der Waals surface area contributed by atoms with Gasteiger partial charge in [0.2, 0.25) is 0 Å². The number of fused-ring (bicyclic) bond motifs is 2. The number of amides is 1. The van der Waals surface area contributed by atoms with Crippen LogP contribution in [-0.2, 0) is 6.54 Å². The maximum Gasteiger partial charge on any atom is 0.258 e. The summed E-state index contributed by atoms with van der Waals surface area (Å²) < 4.78 is 0. The molecular formula is C19H15N5O2. The second kappa shape index (κ2) is 6.36. The van der Waals surface area contributed by atoms with Crippen molar-refractivity contribution in [2.45, 2.75) is 6.54 Å². The van der Waals surface area contributed by atoms with E-state index in [1.807, 2.05) is 6.07 Å². The van der Waals surface area contributed by atoms with E-state index in [9.17, 15) is 9.59 Å². The van der Waals surface area contributed by atoms with Gasteiger partial charge < -0.3 is 9.88 Å². The number of carbonyl (C=O) groups excluding carboxylic acids is 1. The quantitative estimate of drug-likeness (QED) is 0.614. The lowest BCUT2D eigenvalue weighted by Gasteiger charge is -2.17. The van der Waals surface area contributed by atoms with E-state index in [0.29, 0.717) is 27.8 Å². The number of benzene rings is 2. The van der Waals surface area contributed by atoms with Crippen LogP contribution in [-0.4, -0.2) is 37.8 Å². The Morgan fingerprint density at radius 2 is 1.81 bits per heavy atom. The highest BCUT2D eigenvalue weighted by Crippen LogP contribution is 2.13. The van der Waals surface area contributed by atoms with E-state index in [-0.39, 0.29) is 18.0 Å². The molecule has 0 aliphatic rings.